The number of nitrogens with one attached hydrogen (secondary N) is 1. The van der Waals surface area contributed by atoms with Gasteiger partial charge in [0.1, 0.15) is 19.0 Å². The fraction of sp³-hybridized carbons (Fsp3) is 0.200. The highest BCUT2D eigenvalue weighted by molar-refractivity contribution is 5.72. The number of carboxylic acids is 1. The number of benzene rings is 2. The molecule has 7 nitrogen and oxygen atoms in total. The van der Waals surface area contributed by atoms with Crippen LogP contribution in [0, 0.1) is 0 Å². The van der Waals surface area contributed by atoms with Crippen molar-refractivity contribution in [2.45, 2.75) is 12.5 Å². The molecule has 2 N–H and O–H groups in total. The summed E-state index contributed by atoms with van der Waals surface area (Å²) in [6, 6.07) is 20.9. The minimum absolute atomic E-state index is 0.296. The van der Waals surface area contributed by atoms with Crippen molar-refractivity contribution in [1.82, 2.24) is 10.5 Å². The van der Waals surface area contributed by atoms with Crippen LogP contribution < -0.4 is 10.2 Å². The van der Waals surface area contributed by atoms with Gasteiger partial charge < -0.3 is 14.6 Å². The Bertz CT molecular complexity index is 1000. The quantitative estimate of drug-likeness (QED) is 0.329. The van der Waals surface area contributed by atoms with E-state index in [0.717, 1.165) is 22.4 Å². The third kappa shape index (κ3) is 6.66. The van der Waals surface area contributed by atoms with Crippen molar-refractivity contribution in [2.24, 2.45) is 0 Å². The van der Waals surface area contributed by atoms with Crippen molar-refractivity contribution < 1.29 is 24.2 Å². The van der Waals surface area contributed by atoms with E-state index in [0.29, 0.717) is 31.1 Å². The lowest BCUT2D eigenvalue weighted by Crippen LogP contribution is -2.24. The third-order valence-corrected chi connectivity index (χ3v) is 4.75. The standard InChI is InChI=1S/C25H26N2O5/c1-18(20-8-10-21(11-9-20)23-5-3-4-14-26-23)27-32-16-15-31-22-12-6-19(7-13-22)17-24(30-2)25(28)29/h3-14,24,27H,1,15-17H2,2H3,(H,28,29). The minimum atomic E-state index is -0.983. The number of aliphatic carboxylic acids is 1. The number of methoxy groups -OCH3 is 1. The Morgan fingerprint density at radius 3 is 2.44 bits per heavy atom. The molecule has 0 saturated heterocycles. The first-order valence-corrected chi connectivity index (χ1v) is 10.1. The summed E-state index contributed by atoms with van der Waals surface area (Å²) in [6.45, 7) is 4.65. The van der Waals surface area contributed by atoms with E-state index >= 15 is 0 Å². The number of aromatic nitrogens is 1. The summed E-state index contributed by atoms with van der Waals surface area (Å²) < 4.78 is 10.6. The third-order valence-electron chi connectivity index (χ3n) is 4.75. The Hall–Kier alpha value is -3.68. The van der Waals surface area contributed by atoms with Gasteiger partial charge in [0.05, 0.1) is 11.4 Å². The van der Waals surface area contributed by atoms with Crippen LogP contribution in [0.5, 0.6) is 5.75 Å². The molecule has 1 aromatic heterocycles. The minimum Gasteiger partial charge on any atom is -0.491 e. The summed E-state index contributed by atoms with van der Waals surface area (Å²) in [4.78, 5) is 20.8. The molecule has 0 aliphatic rings. The molecule has 7 heteroatoms. The molecule has 3 rings (SSSR count). The summed E-state index contributed by atoms with van der Waals surface area (Å²) in [7, 11) is 1.39. The van der Waals surface area contributed by atoms with Crippen LogP contribution in [0.4, 0.5) is 0 Å². The van der Waals surface area contributed by atoms with Gasteiger partial charge >= 0.3 is 5.97 Å². The van der Waals surface area contributed by atoms with E-state index in [-0.39, 0.29) is 0 Å². The fourth-order valence-electron chi connectivity index (χ4n) is 2.98. The fourth-order valence-corrected chi connectivity index (χ4v) is 2.98. The lowest BCUT2D eigenvalue weighted by Gasteiger charge is -2.12. The molecule has 0 saturated carbocycles. The molecular weight excluding hydrogens is 408 g/mol. The molecule has 2 aromatic carbocycles. The van der Waals surface area contributed by atoms with Crippen molar-refractivity contribution >= 4 is 11.7 Å². The molecule has 0 spiro atoms. The maximum atomic E-state index is 11.0. The van der Waals surface area contributed by atoms with Crippen molar-refractivity contribution in [3.8, 4) is 17.0 Å². The molecule has 1 heterocycles. The first-order chi connectivity index (χ1) is 15.6. The molecule has 0 radical (unpaired) electrons. The Labute approximate surface area is 187 Å². The summed E-state index contributed by atoms with van der Waals surface area (Å²) in [5.74, 6) is -0.311. The number of rotatable bonds is 12. The number of hydrogen-bond donors (Lipinski definition) is 2. The molecular formula is C25H26N2O5. The van der Waals surface area contributed by atoms with Crippen molar-refractivity contribution in [3.63, 3.8) is 0 Å². The van der Waals surface area contributed by atoms with Gasteiger partial charge in [-0.15, -0.1) is 0 Å². The first kappa shape index (κ1) is 23.0. The van der Waals surface area contributed by atoms with Crippen LogP contribution in [0.1, 0.15) is 11.1 Å². The molecule has 3 aromatic rings. The lowest BCUT2D eigenvalue weighted by atomic mass is 10.1. The molecule has 0 bridgehead atoms. The molecule has 1 atom stereocenters. The SMILES string of the molecule is C=C(NOCCOc1ccc(CC(OC)C(=O)O)cc1)c1ccc(-c2ccccn2)cc1. The van der Waals surface area contributed by atoms with Crippen LogP contribution in [0.25, 0.3) is 17.0 Å². The van der Waals surface area contributed by atoms with Crippen LogP contribution in [-0.2, 0) is 20.8 Å². The normalized spacial score (nSPS) is 11.5. The second-order valence-corrected chi connectivity index (χ2v) is 6.98. The predicted octanol–water partition coefficient (Wildman–Crippen LogP) is 3.96. The summed E-state index contributed by atoms with van der Waals surface area (Å²) in [5, 5.41) is 9.05. The molecule has 0 amide bonds. The average Bonchev–Trinajstić information content (AvgIpc) is 2.83. The van der Waals surface area contributed by atoms with E-state index in [2.05, 4.69) is 17.0 Å². The highest BCUT2D eigenvalue weighted by atomic mass is 16.7. The van der Waals surface area contributed by atoms with Gasteiger partial charge in [-0.1, -0.05) is 49.0 Å². The molecule has 32 heavy (non-hydrogen) atoms. The molecule has 1 unspecified atom stereocenters. The van der Waals surface area contributed by atoms with Gasteiger partial charge in [-0.3, -0.25) is 15.3 Å². The second kappa shape index (κ2) is 11.6. The van der Waals surface area contributed by atoms with E-state index in [4.69, 9.17) is 19.4 Å². The maximum Gasteiger partial charge on any atom is 0.333 e. The van der Waals surface area contributed by atoms with Crippen molar-refractivity contribution in [3.05, 3.63) is 90.6 Å². The number of carboxylic acid groups (broad SMARTS) is 1. The van der Waals surface area contributed by atoms with E-state index in [1.165, 1.54) is 7.11 Å². The van der Waals surface area contributed by atoms with Crippen molar-refractivity contribution in [1.29, 1.82) is 0 Å². The van der Waals surface area contributed by atoms with Gasteiger partial charge in [0.15, 0.2) is 6.10 Å². The van der Waals surface area contributed by atoms with E-state index < -0.39 is 12.1 Å². The van der Waals surface area contributed by atoms with E-state index in [9.17, 15) is 4.79 Å². The molecule has 0 aliphatic heterocycles. The van der Waals surface area contributed by atoms with Gasteiger partial charge in [0, 0.05) is 25.3 Å². The Morgan fingerprint density at radius 1 is 1.06 bits per heavy atom. The van der Waals surface area contributed by atoms with Crippen LogP contribution >= 0.6 is 0 Å². The van der Waals surface area contributed by atoms with E-state index in [1.54, 1.807) is 18.3 Å². The Morgan fingerprint density at radius 2 is 1.81 bits per heavy atom. The van der Waals surface area contributed by atoms with Gasteiger partial charge in [0.25, 0.3) is 0 Å². The summed E-state index contributed by atoms with van der Waals surface area (Å²) >= 11 is 0. The number of hydroxylamine groups is 1. The Kier molecular flexibility index (Phi) is 8.36. The number of carbonyl (C=O) groups is 1. The zero-order chi connectivity index (χ0) is 22.8. The van der Waals surface area contributed by atoms with Crippen LogP contribution in [-0.4, -0.2) is 42.5 Å². The summed E-state index contributed by atoms with van der Waals surface area (Å²) in [6.07, 6.45) is 1.20. The Balaban J connectivity index is 1.38. The van der Waals surface area contributed by atoms with E-state index in [1.807, 2.05) is 54.6 Å². The van der Waals surface area contributed by atoms with Crippen LogP contribution in [0.15, 0.2) is 79.5 Å². The highest BCUT2D eigenvalue weighted by Gasteiger charge is 2.16. The molecule has 0 fully saturated rings. The number of pyridine rings is 1. The number of hydrogen-bond acceptors (Lipinski definition) is 6. The monoisotopic (exact) mass is 434 g/mol. The maximum absolute atomic E-state index is 11.0. The predicted molar refractivity (Wildman–Crippen MR) is 122 cm³/mol. The molecule has 166 valence electrons. The zero-order valence-corrected chi connectivity index (χ0v) is 17.9. The van der Waals surface area contributed by atoms with Gasteiger partial charge in [0.2, 0.25) is 0 Å². The topological polar surface area (TPSA) is 89.9 Å². The highest BCUT2D eigenvalue weighted by Crippen LogP contribution is 2.19. The smallest absolute Gasteiger partial charge is 0.333 e. The van der Waals surface area contributed by atoms with Crippen molar-refractivity contribution in [2.75, 3.05) is 20.3 Å². The summed E-state index contributed by atoms with van der Waals surface area (Å²) in [5.41, 5.74) is 7.20. The van der Waals surface area contributed by atoms with Gasteiger partial charge in [-0.2, -0.15) is 0 Å². The van der Waals surface area contributed by atoms with Crippen LogP contribution in [0.2, 0.25) is 0 Å². The molecule has 0 aliphatic carbocycles. The number of nitrogens with zero attached hydrogens (tertiary/aromatic N) is 1. The van der Waals surface area contributed by atoms with Gasteiger partial charge in [-0.05, 0) is 35.4 Å². The average molecular weight is 434 g/mol. The second-order valence-electron chi connectivity index (χ2n) is 6.98. The first-order valence-electron chi connectivity index (χ1n) is 10.1. The van der Waals surface area contributed by atoms with Gasteiger partial charge in [-0.25, -0.2) is 4.79 Å². The lowest BCUT2D eigenvalue weighted by molar-refractivity contribution is -0.148. The number of ether oxygens (including phenoxy) is 2. The van der Waals surface area contributed by atoms with Crippen LogP contribution in [0.3, 0.4) is 0 Å². The zero-order valence-electron chi connectivity index (χ0n) is 17.9. The largest absolute Gasteiger partial charge is 0.491 e.